The largest absolute Gasteiger partial charge is 0.295 e. The smallest absolute Gasteiger partial charge is 0.261 e. The van der Waals surface area contributed by atoms with E-state index in [1.165, 1.54) is 29.1 Å². The highest BCUT2D eigenvalue weighted by Gasteiger charge is 2.03. The van der Waals surface area contributed by atoms with Gasteiger partial charge in [0.2, 0.25) is 0 Å². The van der Waals surface area contributed by atoms with E-state index in [2.05, 4.69) is 4.98 Å². The van der Waals surface area contributed by atoms with Gasteiger partial charge in [-0.05, 0) is 17.7 Å². The molecule has 3 rings (SSSR count). The summed E-state index contributed by atoms with van der Waals surface area (Å²) in [6.07, 6.45) is 5.29. The van der Waals surface area contributed by atoms with Crippen molar-refractivity contribution in [3.63, 3.8) is 0 Å². The molecule has 0 spiro atoms. The average Bonchev–Trinajstić information content (AvgIpc) is 2.50. The highest BCUT2D eigenvalue weighted by atomic mass is 19.1. The minimum absolute atomic E-state index is 0.169. The molecule has 0 aliphatic heterocycles. The van der Waals surface area contributed by atoms with Crippen LogP contribution < -0.4 is 5.56 Å². The lowest BCUT2D eigenvalue weighted by molar-refractivity contribution is 0.629. The molecule has 0 bridgehead atoms. The predicted octanol–water partition coefficient (Wildman–Crippen LogP) is 3.25. The third-order valence-electron chi connectivity index (χ3n) is 3.20. The molecule has 21 heavy (non-hydrogen) atoms. The Labute approximate surface area is 121 Å². The zero-order chi connectivity index (χ0) is 14.7. The van der Waals surface area contributed by atoms with E-state index >= 15 is 0 Å². The van der Waals surface area contributed by atoms with Crippen molar-refractivity contribution in [3.05, 3.63) is 82.7 Å². The van der Waals surface area contributed by atoms with Crippen LogP contribution in [0.4, 0.5) is 4.39 Å². The summed E-state index contributed by atoms with van der Waals surface area (Å²) < 4.78 is 14.6. The highest BCUT2D eigenvalue weighted by molar-refractivity contribution is 5.77. The maximum atomic E-state index is 13.1. The summed E-state index contributed by atoms with van der Waals surface area (Å²) in [5, 5.41) is 0.423. The molecule has 0 aliphatic carbocycles. The van der Waals surface area contributed by atoms with Gasteiger partial charge in [-0.25, -0.2) is 9.37 Å². The van der Waals surface area contributed by atoms with Crippen molar-refractivity contribution in [2.45, 2.75) is 6.54 Å². The average molecular weight is 280 g/mol. The molecular formula is C17H13FN2O. The van der Waals surface area contributed by atoms with Crippen LogP contribution >= 0.6 is 0 Å². The molecule has 0 saturated carbocycles. The molecule has 0 amide bonds. The number of hydrogen-bond acceptors (Lipinski definition) is 2. The van der Waals surface area contributed by atoms with Crippen molar-refractivity contribution in [1.29, 1.82) is 0 Å². The molecule has 104 valence electrons. The molecule has 3 nitrogen and oxygen atoms in total. The van der Waals surface area contributed by atoms with E-state index in [4.69, 9.17) is 0 Å². The number of fused-ring (bicyclic) bond motifs is 1. The predicted molar refractivity (Wildman–Crippen MR) is 81.4 cm³/mol. The van der Waals surface area contributed by atoms with Gasteiger partial charge in [0, 0.05) is 12.6 Å². The number of benzene rings is 2. The number of halogens is 1. The van der Waals surface area contributed by atoms with E-state index in [0.29, 0.717) is 17.4 Å². The fraction of sp³-hybridized carbons (Fsp3) is 0.0588. The monoisotopic (exact) mass is 280 g/mol. The van der Waals surface area contributed by atoms with Crippen molar-refractivity contribution < 1.29 is 4.39 Å². The number of hydrogen-bond donors (Lipinski definition) is 0. The van der Waals surface area contributed by atoms with Crippen molar-refractivity contribution >= 4 is 17.0 Å². The Balaban J connectivity index is 1.88. The molecule has 1 aromatic heterocycles. The molecule has 0 unspecified atom stereocenters. The first-order chi connectivity index (χ1) is 10.2. The Morgan fingerprint density at radius 3 is 2.76 bits per heavy atom. The Bertz CT molecular complexity index is 854. The van der Waals surface area contributed by atoms with Crippen LogP contribution in [0, 0.1) is 5.82 Å². The summed E-state index contributed by atoms with van der Waals surface area (Å²) in [5.41, 5.74) is 1.28. The second kappa shape index (κ2) is 5.71. The zero-order valence-electron chi connectivity index (χ0n) is 11.2. The van der Waals surface area contributed by atoms with E-state index in [1.54, 1.807) is 0 Å². The van der Waals surface area contributed by atoms with Gasteiger partial charge in [-0.15, -0.1) is 0 Å². The van der Waals surface area contributed by atoms with Gasteiger partial charge in [0.15, 0.2) is 0 Å². The van der Waals surface area contributed by atoms with E-state index in [-0.39, 0.29) is 5.56 Å². The van der Waals surface area contributed by atoms with Crippen LogP contribution in [0.2, 0.25) is 0 Å². The highest BCUT2D eigenvalue weighted by Crippen LogP contribution is 2.08. The van der Waals surface area contributed by atoms with E-state index in [9.17, 15) is 9.18 Å². The number of aromatic nitrogens is 2. The second-order valence-corrected chi connectivity index (χ2v) is 4.68. The molecule has 0 saturated heterocycles. The Hall–Kier alpha value is -2.75. The lowest BCUT2D eigenvalue weighted by Crippen LogP contribution is -2.19. The second-order valence-electron chi connectivity index (χ2n) is 4.68. The summed E-state index contributed by atoms with van der Waals surface area (Å²) in [6.45, 7) is 0.425. The summed E-state index contributed by atoms with van der Waals surface area (Å²) in [7, 11) is 0. The Morgan fingerprint density at radius 2 is 1.95 bits per heavy atom. The van der Waals surface area contributed by atoms with Crippen LogP contribution in [0.3, 0.4) is 0 Å². The fourth-order valence-corrected chi connectivity index (χ4v) is 2.13. The first-order valence-electron chi connectivity index (χ1n) is 6.60. The maximum Gasteiger partial charge on any atom is 0.261 e. The SMILES string of the molecule is O=c1c2ccc(F)cc2ncn1CC=Cc1ccccc1. The van der Waals surface area contributed by atoms with Crippen LogP contribution in [-0.2, 0) is 6.54 Å². The van der Waals surface area contributed by atoms with E-state index < -0.39 is 5.82 Å². The van der Waals surface area contributed by atoms with Gasteiger partial charge in [0.05, 0.1) is 17.2 Å². The van der Waals surface area contributed by atoms with Crippen LogP contribution in [-0.4, -0.2) is 9.55 Å². The summed E-state index contributed by atoms with van der Waals surface area (Å²) in [5.74, 6) is -0.392. The van der Waals surface area contributed by atoms with Crippen molar-refractivity contribution in [2.24, 2.45) is 0 Å². The topological polar surface area (TPSA) is 34.9 Å². The standard InChI is InChI=1S/C17H13FN2O/c18-14-8-9-15-16(11-14)19-12-20(17(15)21)10-4-7-13-5-2-1-3-6-13/h1-9,11-12H,10H2. The van der Waals surface area contributed by atoms with Gasteiger partial charge in [-0.1, -0.05) is 42.5 Å². The molecule has 2 aromatic carbocycles. The summed E-state index contributed by atoms with van der Waals surface area (Å²) in [6, 6.07) is 13.8. The first-order valence-corrected chi connectivity index (χ1v) is 6.60. The molecule has 1 heterocycles. The zero-order valence-corrected chi connectivity index (χ0v) is 11.2. The molecular weight excluding hydrogens is 267 g/mol. The molecule has 3 aromatic rings. The van der Waals surface area contributed by atoms with Gasteiger partial charge in [-0.3, -0.25) is 9.36 Å². The lowest BCUT2D eigenvalue weighted by Gasteiger charge is -2.03. The van der Waals surface area contributed by atoms with Crippen molar-refractivity contribution in [1.82, 2.24) is 9.55 Å². The van der Waals surface area contributed by atoms with Gasteiger partial charge in [0.1, 0.15) is 5.82 Å². The van der Waals surface area contributed by atoms with Gasteiger partial charge >= 0.3 is 0 Å². The minimum Gasteiger partial charge on any atom is -0.295 e. The van der Waals surface area contributed by atoms with Crippen molar-refractivity contribution in [3.8, 4) is 0 Å². The number of nitrogens with zero attached hydrogens (tertiary/aromatic N) is 2. The van der Waals surface area contributed by atoms with Gasteiger partial charge < -0.3 is 0 Å². The normalized spacial score (nSPS) is 11.3. The van der Waals surface area contributed by atoms with E-state index in [0.717, 1.165) is 5.56 Å². The molecule has 4 heteroatoms. The third-order valence-corrected chi connectivity index (χ3v) is 3.20. The van der Waals surface area contributed by atoms with Crippen LogP contribution in [0.5, 0.6) is 0 Å². The molecule has 0 atom stereocenters. The maximum absolute atomic E-state index is 13.1. The van der Waals surface area contributed by atoms with Crippen molar-refractivity contribution in [2.75, 3.05) is 0 Å². The van der Waals surface area contributed by atoms with Crippen LogP contribution in [0.25, 0.3) is 17.0 Å². The third kappa shape index (κ3) is 2.89. The quantitative estimate of drug-likeness (QED) is 0.738. The molecule has 0 fully saturated rings. The first kappa shape index (κ1) is 13.2. The summed E-state index contributed by atoms with van der Waals surface area (Å²) >= 11 is 0. The molecule has 0 aliphatic rings. The van der Waals surface area contributed by atoms with Gasteiger partial charge in [0.25, 0.3) is 5.56 Å². The summed E-state index contributed by atoms with van der Waals surface area (Å²) in [4.78, 5) is 16.4. The van der Waals surface area contributed by atoms with Crippen LogP contribution in [0.1, 0.15) is 5.56 Å². The lowest BCUT2D eigenvalue weighted by atomic mass is 10.2. The Morgan fingerprint density at radius 1 is 1.14 bits per heavy atom. The molecule has 0 N–H and O–H groups in total. The fourth-order valence-electron chi connectivity index (χ4n) is 2.13. The molecule has 0 radical (unpaired) electrons. The minimum atomic E-state index is -0.392. The Kier molecular flexibility index (Phi) is 3.60. The van der Waals surface area contributed by atoms with E-state index in [1.807, 2.05) is 42.5 Å². The van der Waals surface area contributed by atoms with Crippen LogP contribution in [0.15, 0.2) is 65.7 Å². The number of allylic oxidation sites excluding steroid dienone is 1. The number of rotatable bonds is 3. The van der Waals surface area contributed by atoms with Gasteiger partial charge in [-0.2, -0.15) is 0 Å².